The van der Waals surface area contributed by atoms with Gasteiger partial charge in [0.05, 0.1) is 11.2 Å². The molecule has 0 atom stereocenters. The summed E-state index contributed by atoms with van der Waals surface area (Å²) < 4.78 is 18.9. The van der Waals surface area contributed by atoms with Gasteiger partial charge in [-0.1, -0.05) is 26.8 Å². The van der Waals surface area contributed by atoms with Crippen LogP contribution in [0.25, 0.3) is 44.1 Å². The molecule has 0 aromatic carbocycles. The van der Waals surface area contributed by atoms with Crippen LogP contribution >= 0.6 is 31.9 Å². The number of hydrogen-bond donors (Lipinski definition) is 2. The predicted molar refractivity (Wildman–Crippen MR) is 244 cm³/mol. The first-order valence-electron chi connectivity index (χ1n) is 19.4. The molecule has 1 fully saturated rings. The Hall–Kier alpha value is -4.30. The molecule has 0 radical (unpaired) electrons. The number of aromatic nitrogens is 8. The number of aromatic amines is 2. The number of nitrogens with one attached hydrogen (secondary N) is 2. The van der Waals surface area contributed by atoms with E-state index in [0.717, 1.165) is 59.1 Å². The van der Waals surface area contributed by atoms with Gasteiger partial charge in [0.1, 0.15) is 22.6 Å². The Morgan fingerprint density at radius 1 is 0.596 bits per heavy atom. The molecule has 9 rings (SSSR count). The molecule has 8 aromatic heterocycles. The molecular formula is C44H55BBr2N8O2. The first-order valence-corrected chi connectivity index (χ1v) is 21.0. The monoisotopic (exact) mass is 896 g/mol. The van der Waals surface area contributed by atoms with Crippen molar-refractivity contribution in [3.8, 4) is 0 Å². The van der Waals surface area contributed by atoms with E-state index in [0.29, 0.717) is 12.1 Å². The van der Waals surface area contributed by atoms with Crippen molar-refractivity contribution in [1.82, 2.24) is 39.0 Å². The average Bonchev–Trinajstić information content (AvgIpc) is 3.99. The van der Waals surface area contributed by atoms with Crippen molar-refractivity contribution in [1.29, 1.82) is 0 Å². The third kappa shape index (κ3) is 10.6. The smallest absolute Gasteiger partial charge is 0.399 e. The van der Waals surface area contributed by atoms with Crippen LogP contribution in [0.3, 0.4) is 0 Å². The highest BCUT2D eigenvalue weighted by Crippen LogP contribution is 2.37. The molecule has 0 unspecified atom stereocenters. The Morgan fingerprint density at radius 3 is 1.65 bits per heavy atom. The van der Waals surface area contributed by atoms with Crippen molar-refractivity contribution in [2.24, 2.45) is 5.92 Å². The SMILES string of the molecule is Brc1c[nH]c2ncccc12.CC(C)C.CC(C)n1cc(B2OC(C)(C)C(C)(C)O2)c2cccnc21.CC(C)n1cc(Br)c2cccnc21.c1cnc2[nH]ccc2c1. The van der Waals surface area contributed by atoms with E-state index in [4.69, 9.17) is 9.31 Å². The molecule has 0 amide bonds. The fraction of sp³-hybridized carbons (Fsp3) is 0.364. The lowest BCUT2D eigenvalue weighted by Gasteiger charge is -2.32. The number of fused-ring (bicyclic) bond motifs is 4. The molecule has 1 aliphatic rings. The third-order valence-corrected chi connectivity index (χ3v) is 10.8. The van der Waals surface area contributed by atoms with Gasteiger partial charge in [-0.2, -0.15) is 0 Å². The third-order valence-electron chi connectivity index (χ3n) is 9.50. The number of nitrogens with zero attached hydrogens (tertiary/aromatic N) is 6. The number of halogens is 2. The maximum atomic E-state index is 6.19. The lowest BCUT2D eigenvalue weighted by atomic mass is 9.79. The normalized spacial score (nSPS) is 14.3. The summed E-state index contributed by atoms with van der Waals surface area (Å²) in [6, 6.07) is 18.8. The van der Waals surface area contributed by atoms with Crippen molar-refractivity contribution in [3.05, 3.63) is 113 Å². The minimum atomic E-state index is -0.346. The second-order valence-corrected chi connectivity index (χ2v) is 17.8. The van der Waals surface area contributed by atoms with E-state index >= 15 is 0 Å². The van der Waals surface area contributed by atoms with Crippen LogP contribution in [0.15, 0.2) is 113 Å². The summed E-state index contributed by atoms with van der Waals surface area (Å²) >= 11 is 6.92. The Balaban J connectivity index is 0.000000148. The molecule has 0 aliphatic carbocycles. The average molecular weight is 899 g/mol. The summed E-state index contributed by atoms with van der Waals surface area (Å²) in [5.41, 5.74) is 4.32. The Kier molecular flexibility index (Phi) is 14.6. The zero-order valence-electron chi connectivity index (χ0n) is 34.9. The number of pyridine rings is 4. The second kappa shape index (κ2) is 19.0. The number of hydrogen-bond acceptors (Lipinski definition) is 6. The Labute approximate surface area is 353 Å². The first-order chi connectivity index (χ1) is 27.0. The summed E-state index contributed by atoms with van der Waals surface area (Å²) in [5.74, 6) is 0.833. The van der Waals surface area contributed by atoms with Gasteiger partial charge in [-0.05, 0) is 142 Å². The first kappa shape index (κ1) is 43.8. The van der Waals surface area contributed by atoms with Crippen LogP contribution in [-0.2, 0) is 9.31 Å². The van der Waals surface area contributed by atoms with E-state index in [2.05, 4.69) is 172 Å². The molecule has 8 aromatic rings. The molecule has 1 saturated heterocycles. The number of H-pyrrole nitrogens is 2. The van der Waals surface area contributed by atoms with Crippen molar-refractivity contribution in [3.63, 3.8) is 0 Å². The van der Waals surface area contributed by atoms with Crippen LogP contribution < -0.4 is 5.46 Å². The molecule has 57 heavy (non-hydrogen) atoms. The molecule has 0 saturated carbocycles. The number of rotatable bonds is 3. The molecule has 1 aliphatic heterocycles. The maximum absolute atomic E-state index is 6.19. The van der Waals surface area contributed by atoms with E-state index in [1.807, 2.05) is 67.3 Å². The van der Waals surface area contributed by atoms with Gasteiger partial charge < -0.3 is 28.4 Å². The zero-order valence-corrected chi connectivity index (χ0v) is 38.1. The summed E-state index contributed by atoms with van der Waals surface area (Å²) in [7, 11) is -0.346. The molecular weight excluding hydrogens is 843 g/mol. The minimum Gasteiger partial charge on any atom is -0.399 e. The van der Waals surface area contributed by atoms with Gasteiger partial charge in [0.25, 0.3) is 0 Å². The second-order valence-electron chi connectivity index (χ2n) is 16.1. The zero-order chi connectivity index (χ0) is 41.5. The highest BCUT2D eigenvalue weighted by Gasteiger charge is 2.52. The molecule has 300 valence electrons. The lowest BCUT2D eigenvalue weighted by molar-refractivity contribution is 0.00578. The highest BCUT2D eigenvalue weighted by atomic mass is 79.9. The van der Waals surface area contributed by atoms with Crippen molar-refractivity contribution in [2.75, 3.05) is 0 Å². The quantitative estimate of drug-likeness (QED) is 0.171. The van der Waals surface area contributed by atoms with E-state index in [1.165, 1.54) is 5.39 Å². The summed E-state index contributed by atoms with van der Waals surface area (Å²) in [5, 5.41) is 4.57. The van der Waals surface area contributed by atoms with Crippen LogP contribution in [0.2, 0.25) is 0 Å². The van der Waals surface area contributed by atoms with Gasteiger partial charge in [-0.3, -0.25) is 0 Å². The Bertz CT molecular complexity index is 2450. The van der Waals surface area contributed by atoms with Gasteiger partial charge in [-0.25, -0.2) is 19.9 Å². The van der Waals surface area contributed by atoms with Gasteiger partial charge in [-0.15, -0.1) is 0 Å². The van der Waals surface area contributed by atoms with Gasteiger partial charge in [0.2, 0.25) is 0 Å². The fourth-order valence-electron chi connectivity index (χ4n) is 5.90. The molecule has 0 bridgehead atoms. The van der Waals surface area contributed by atoms with Crippen LogP contribution in [0.4, 0.5) is 0 Å². The van der Waals surface area contributed by atoms with Crippen molar-refractivity contribution in [2.45, 2.75) is 99.4 Å². The van der Waals surface area contributed by atoms with Crippen LogP contribution in [0.5, 0.6) is 0 Å². The van der Waals surface area contributed by atoms with Crippen LogP contribution in [-0.4, -0.2) is 57.4 Å². The van der Waals surface area contributed by atoms with Crippen molar-refractivity contribution >= 4 is 88.6 Å². The minimum absolute atomic E-state index is 0.327. The van der Waals surface area contributed by atoms with Gasteiger partial charge >= 0.3 is 7.12 Å². The largest absolute Gasteiger partial charge is 0.497 e. The summed E-state index contributed by atoms with van der Waals surface area (Å²) in [6.45, 7) is 23.4. The maximum Gasteiger partial charge on any atom is 0.497 e. The van der Waals surface area contributed by atoms with Crippen LogP contribution in [0, 0.1) is 5.92 Å². The molecule has 13 heteroatoms. The fourth-order valence-corrected chi connectivity index (χ4v) is 6.87. The van der Waals surface area contributed by atoms with Gasteiger partial charge in [0.15, 0.2) is 0 Å². The molecule has 9 heterocycles. The van der Waals surface area contributed by atoms with Crippen molar-refractivity contribution < 1.29 is 9.31 Å². The van der Waals surface area contributed by atoms with E-state index < -0.39 is 0 Å². The van der Waals surface area contributed by atoms with Gasteiger partial charge in [0, 0.05) is 97.6 Å². The molecule has 0 spiro atoms. The van der Waals surface area contributed by atoms with E-state index in [1.54, 1.807) is 12.4 Å². The highest BCUT2D eigenvalue weighted by molar-refractivity contribution is 9.11. The standard InChI is InChI=1S/C16H23BN2O2.C10H11BrN2.C7H5BrN2.C7H6N2.C4H10/c1-11(2)19-10-13(12-8-7-9-18-14(12)19)17-20-15(3,4)16(5,6)21-17;1-7(2)13-6-9(11)8-4-3-5-12-10(8)13;8-6-4-10-7-5(6)2-1-3-9-7;1-2-6-3-5-9-7(6)8-4-1;1-4(2)3/h7-11H,1-6H3;3-7H,1-2H3;1-4H,(H,9,10);1-5H,(H,8,9);4H,1-3H3. The van der Waals surface area contributed by atoms with E-state index in [-0.39, 0.29) is 18.3 Å². The topological polar surface area (TPSA) is 111 Å². The molecule has 2 N–H and O–H groups in total. The van der Waals surface area contributed by atoms with Crippen LogP contribution in [0.1, 0.15) is 88.2 Å². The summed E-state index contributed by atoms with van der Waals surface area (Å²) in [4.78, 5) is 23.1. The predicted octanol–water partition coefficient (Wildman–Crippen LogP) is 11.8. The summed E-state index contributed by atoms with van der Waals surface area (Å²) in [6.07, 6.45) is 15.2. The molecule has 10 nitrogen and oxygen atoms in total. The lowest BCUT2D eigenvalue weighted by Crippen LogP contribution is -2.41. The van der Waals surface area contributed by atoms with E-state index in [9.17, 15) is 0 Å². The Morgan fingerprint density at radius 2 is 1.09 bits per heavy atom.